The molecule has 3 aromatic carbocycles. The van der Waals surface area contributed by atoms with E-state index in [4.69, 9.17) is 9.47 Å². The van der Waals surface area contributed by atoms with Gasteiger partial charge in [0.15, 0.2) is 6.10 Å². The van der Waals surface area contributed by atoms with Gasteiger partial charge in [0, 0.05) is 5.69 Å². The second kappa shape index (κ2) is 8.16. The number of nitrogens with one attached hydrogen (secondary N) is 1. The van der Waals surface area contributed by atoms with E-state index in [1.165, 1.54) is 24.3 Å². The Balaban J connectivity index is 1.56. The topological polar surface area (TPSA) is 47.6 Å². The fourth-order valence-electron chi connectivity index (χ4n) is 2.25. The molecule has 3 aromatic rings. The van der Waals surface area contributed by atoms with Crippen LogP contribution in [0.4, 0.5) is 10.1 Å². The van der Waals surface area contributed by atoms with Crippen LogP contribution in [0.15, 0.2) is 78.9 Å². The van der Waals surface area contributed by atoms with Crippen molar-refractivity contribution < 1.29 is 18.7 Å². The second-order valence-corrected chi connectivity index (χ2v) is 5.64. The van der Waals surface area contributed by atoms with E-state index < -0.39 is 6.10 Å². The monoisotopic (exact) mass is 351 g/mol. The molecule has 1 amide bonds. The highest BCUT2D eigenvalue weighted by molar-refractivity contribution is 5.94. The Morgan fingerprint density at radius 1 is 0.846 bits per heavy atom. The van der Waals surface area contributed by atoms with Crippen LogP contribution in [0.25, 0.3) is 0 Å². The molecule has 0 aliphatic carbocycles. The lowest BCUT2D eigenvalue weighted by atomic mass is 10.3. The van der Waals surface area contributed by atoms with E-state index >= 15 is 0 Å². The maximum Gasteiger partial charge on any atom is 0.265 e. The first-order chi connectivity index (χ1) is 12.6. The van der Waals surface area contributed by atoms with Crippen LogP contribution in [-0.4, -0.2) is 12.0 Å². The Labute approximate surface area is 151 Å². The number of anilines is 1. The number of benzene rings is 3. The van der Waals surface area contributed by atoms with Crippen LogP contribution in [0, 0.1) is 5.82 Å². The van der Waals surface area contributed by atoms with E-state index in [-0.39, 0.29) is 11.7 Å². The van der Waals surface area contributed by atoms with Crippen LogP contribution in [-0.2, 0) is 4.79 Å². The Morgan fingerprint density at radius 2 is 1.42 bits per heavy atom. The van der Waals surface area contributed by atoms with Gasteiger partial charge in [0.25, 0.3) is 5.91 Å². The summed E-state index contributed by atoms with van der Waals surface area (Å²) in [6, 6.07) is 22.0. The van der Waals surface area contributed by atoms with Crippen molar-refractivity contribution in [2.75, 3.05) is 5.32 Å². The van der Waals surface area contributed by atoms with Crippen molar-refractivity contribution in [3.63, 3.8) is 0 Å². The van der Waals surface area contributed by atoms with Crippen molar-refractivity contribution in [1.82, 2.24) is 0 Å². The van der Waals surface area contributed by atoms with Crippen LogP contribution < -0.4 is 14.8 Å². The molecule has 0 aromatic heterocycles. The van der Waals surface area contributed by atoms with Gasteiger partial charge < -0.3 is 14.8 Å². The van der Waals surface area contributed by atoms with Gasteiger partial charge in [0.05, 0.1) is 0 Å². The lowest BCUT2D eigenvalue weighted by Gasteiger charge is -2.15. The Bertz CT molecular complexity index is 849. The molecule has 0 bridgehead atoms. The SMILES string of the molecule is CC(Oc1ccc(Oc2ccccc2)cc1)C(=O)Nc1ccc(F)cc1. The Hall–Kier alpha value is -3.34. The summed E-state index contributed by atoms with van der Waals surface area (Å²) in [5.41, 5.74) is 0.512. The van der Waals surface area contributed by atoms with E-state index in [9.17, 15) is 9.18 Å². The third kappa shape index (κ3) is 4.83. The number of halogens is 1. The predicted octanol–water partition coefficient (Wildman–Crippen LogP) is 5.02. The number of ether oxygens (including phenoxy) is 2. The number of para-hydroxylation sites is 1. The summed E-state index contributed by atoms with van der Waals surface area (Å²) in [5, 5.41) is 2.68. The molecule has 0 aliphatic heterocycles. The van der Waals surface area contributed by atoms with E-state index in [1.807, 2.05) is 30.3 Å². The fraction of sp³-hybridized carbons (Fsp3) is 0.0952. The highest BCUT2D eigenvalue weighted by Crippen LogP contribution is 2.24. The van der Waals surface area contributed by atoms with Crippen LogP contribution in [0.5, 0.6) is 17.2 Å². The maximum absolute atomic E-state index is 12.9. The zero-order chi connectivity index (χ0) is 18.4. The van der Waals surface area contributed by atoms with E-state index in [0.717, 1.165) is 5.75 Å². The molecule has 5 heteroatoms. The first-order valence-corrected chi connectivity index (χ1v) is 8.16. The number of carbonyl (C=O) groups is 1. The first kappa shape index (κ1) is 17.5. The number of hydrogen-bond donors (Lipinski definition) is 1. The molecule has 1 atom stereocenters. The molecule has 26 heavy (non-hydrogen) atoms. The second-order valence-electron chi connectivity index (χ2n) is 5.64. The van der Waals surface area contributed by atoms with Crippen molar-refractivity contribution in [1.29, 1.82) is 0 Å². The zero-order valence-corrected chi connectivity index (χ0v) is 14.2. The van der Waals surface area contributed by atoms with Gasteiger partial charge in [-0.15, -0.1) is 0 Å². The maximum atomic E-state index is 12.9. The molecule has 0 spiro atoms. The molecule has 1 N–H and O–H groups in total. The standard InChI is InChI=1S/C21H18FNO3/c1-15(21(24)23-17-9-7-16(22)8-10-17)25-19-11-13-20(14-12-19)26-18-5-3-2-4-6-18/h2-15H,1H3,(H,23,24). The summed E-state index contributed by atoms with van der Waals surface area (Å²) in [6.45, 7) is 1.65. The highest BCUT2D eigenvalue weighted by Gasteiger charge is 2.15. The predicted molar refractivity (Wildman–Crippen MR) is 98.1 cm³/mol. The average Bonchev–Trinajstić information content (AvgIpc) is 2.66. The number of hydrogen-bond acceptors (Lipinski definition) is 3. The van der Waals surface area contributed by atoms with Gasteiger partial charge >= 0.3 is 0 Å². The van der Waals surface area contributed by atoms with Gasteiger partial charge in [-0.1, -0.05) is 18.2 Å². The normalized spacial score (nSPS) is 11.5. The Morgan fingerprint density at radius 3 is 2.08 bits per heavy atom. The lowest BCUT2D eigenvalue weighted by molar-refractivity contribution is -0.122. The third-order valence-electron chi connectivity index (χ3n) is 3.60. The molecule has 0 saturated heterocycles. The molecule has 0 radical (unpaired) electrons. The van der Waals surface area contributed by atoms with Gasteiger partial charge in [-0.05, 0) is 67.6 Å². The van der Waals surface area contributed by atoms with Crippen molar-refractivity contribution >= 4 is 11.6 Å². The van der Waals surface area contributed by atoms with Gasteiger partial charge in [0.2, 0.25) is 0 Å². The van der Waals surface area contributed by atoms with Crippen LogP contribution >= 0.6 is 0 Å². The molecule has 0 fully saturated rings. The molecular weight excluding hydrogens is 333 g/mol. The minimum Gasteiger partial charge on any atom is -0.481 e. The minimum atomic E-state index is -0.707. The molecular formula is C21H18FNO3. The largest absolute Gasteiger partial charge is 0.481 e. The van der Waals surface area contributed by atoms with Crippen molar-refractivity contribution in [3.8, 4) is 17.2 Å². The molecule has 4 nitrogen and oxygen atoms in total. The summed E-state index contributed by atoms with van der Waals surface area (Å²) in [4.78, 5) is 12.2. The summed E-state index contributed by atoms with van der Waals surface area (Å²) >= 11 is 0. The van der Waals surface area contributed by atoms with Crippen LogP contribution in [0.1, 0.15) is 6.92 Å². The third-order valence-corrected chi connectivity index (χ3v) is 3.60. The number of rotatable bonds is 6. The van der Waals surface area contributed by atoms with Gasteiger partial charge in [-0.3, -0.25) is 4.79 Å². The number of carbonyl (C=O) groups excluding carboxylic acids is 1. The summed E-state index contributed by atoms with van der Waals surface area (Å²) in [6.07, 6.45) is -0.707. The van der Waals surface area contributed by atoms with Crippen LogP contribution in [0.2, 0.25) is 0 Å². The molecule has 0 heterocycles. The van der Waals surface area contributed by atoms with E-state index in [1.54, 1.807) is 31.2 Å². The summed E-state index contributed by atoms with van der Waals surface area (Å²) in [7, 11) is 0. The Kier molecular flexibility index (Phi) is 5.49. The zero-order valence-electron chi connectivity index (χ0n) is 14.2. The smallest absolute Gasteiger partial charge is 0.265 e. The fourth-order valence-corrected chi connectivity index (χ4v) is 2.25. The molecule has 3 rings (SSSR count). The molecule has 0 aliphatic rings. The summed E-state index contributed by atoms with van der Waals surface area (Å²) < 4.78 is 24.2. The van der Waals surface area contributed by atoms with Crippen molar-refractivity contribution in [2.45, 2.75) is 13.0 Å². The lowest BCUT2D eigenvalue weighted by Crippen LogP contribution is -2.30. The molecule has 132 valence electrons. The number of amides is 1. The highest BCUT2D eigenvalue weighted by atomic mass is 19.1. The average molecular weight is 351 g/mol. The first-order valence-electron chi connectivity index (χ1n) is 8.16. The minimum absolute atomic E-state index is 0.318. The van der Waals surface area contributed by atoms with E-state index in [2.05, 4.69) is 5.32 Å². The van der Waals surface area contributed by atoms with Crippen LogP contribution in [0.3, 0.4) is 0 Å². The van der Waals surface area contributed by atoms with Gasteiger partial charge in [-0.25, -0.2) is 4.39 Å². The van der Waals surface area contributed by atoms with E-state index in [0.29, 0.717) is 17.2 Å². The summed E-state index contributed by atoms with van der Waals surface area (Å²) in [5.74, 6) is 1.29. The van der Waals surface area contributed by atoms with Crippen molar-refractivity contribution in [2.24, 2.45) is 0 Å². The quantitative estimate of drug-likeness (QED) is 0.678. The molecule has 0 saturated carbocycles. The van der Waals surface area contributed by atoms with Gasteiger partial charge in [-0.2, -0.15) is 0 Å². The molecule has 1 unspecified atom stereocenters. The van der Waals surface area contributed by atoms with Crippen molar-refractivity contribution in [3.05, 3.63) is 84.7 Å². The van der Waals surface area contributed by atoms with Gasteiger partial charge in [0.1, 0.15) is 23.1 Å².